The van der Waals surface area contributed by atoms with Crippen molar-refractivity contribution in [2.24, 2.45) is 0 Å². The van der Waals surface area contributed by atoms with Crippen LogP contribution >= 0.6 is 23.1 Å². The van der Waals surface area contributed by atoms with Gasteiger partial charge in [0.05, 0.1) is 22.8 Å². The summed E-state index contributed by atoms with van der Waals surface area (Å²) < 4.78 is 6.44. The molecule has 4 heteroatoms. The van der Waals surface area contributed by atoms with E-state index in [1.165, 1.54) is 4.21 Å². The van der Waals surface area contributed by atoms with Gasteiger partial charge in [0.1, 0.15) is 5.76 Å². The third kappa shape index (κ3) is 2.41. The first-order valence-corrected chi connectivity index (χ1v) is 6.03. The maximum Gasteiger partial charge on any atom is 0.114 e. The maximum atomic E-state index is 8.89. The molecule has 14 heavy (non-hydrogen) atoms. The van der Waals surface area contributed by atoms with Crippen molar-refractivity contribution < 1.29 is 9.52 Å². The average molecular weight is 226 g/mol. The quantitative estimate of drug-likeness (QED) is 0.813. The van der Waals surface area contributed by atoms with Gasteiger partial charge in [0.15, 0.2) is 0 Å². The van der Waals surface area contributed by atoms with E-state index in [0.717, 1.165) is 16.4 Å². The van der Waals surface area contributed by atoms with E-state index in [2.05, 4.69) is 0 Å². The van der Waals surface area contributed by atoms with Gasteiger partial charge in [-0.25, -0.2) is 0 Å². The van der Waals surface area contributed by atoms with Gasteiger partial charge in [0, 0.05) is 4.88 Å². The molecule has 0 unspecified atom stereocenters. The first kappa shape index (κ1) is 9.83. The number of rotatable bonds is 4. The second-order valence-electron chi connectivity index (χ2n) is 2.75. The van der Waals surface area contributed by atoms with Crippen LogP contribution in [0.3, 0.4) is 0 Å². The van der Waals surface area contributed by atoms with Gasteiger partial charge in [0.25, 0.3) is 0 Å². The molecule has 0 amide bonds. The second kappa shape index (κ2) is 4.68. The normalized spacial score (nSPS) is 10.6. The smallest absolute Gasteiger partial charge is 0.114 e. The number of furan rings is 1. The highest BCUT2D eigenvalue weighted by atomic mass is 32.2. The van der Waals surface area contributed by atoms with Gasteiger partial charge in [0.2, 0.25) is 0 Å². The van der Waals surface area contributed by atoms with Gasteiger partial charge in [-0.1, -0.05) is 0 Å². The summed E-state index contributed by atoms with van der Waals surface area (Å²) in [6.45, 7) is 0.131. The standard InChI is InChI=1S/C10H10O2S2/c11-6-9-3-4-10(14-9)13-7-8-2-1-5-12-8/h1-5,11H,6-7H2. The molecule has 2 aromatic rings. The van der Waals surface area contributed by atoms with Crippen molar-refractivity contribution in [3.8, 4) is 0 Å². The van der Waals surface area contributed by atoms with Gasteiger partial charge in [-0.05, 0) is 24.3 Å². The summed E-state index contributed by atoms with van der Waals surface area (Å²) in [5, 5.41) is 8.89. The first-order valence-electron chi connectivity index (χ1n) is 4.23. The predicted molar refractivity (Wildman–Crippen MR) is 58.5 cm³/mol. The summed E-state index contributed by atoms with van der Waals surface area (Å²) in [6, 6.07) is 7.84. The number of aliphatic hydroxyl groups excluding tert-OH is 1. The molecule has 2 nitrogen and oxygen atoms in total. The van der Waals surface area contributed by atoms with Crippen LogP contribution in [0.15, 0.2) is 39.2 Å². The van der Waals surface area contributed by atoms with E-state index in [1.54, 1.807) is 29.4 Å². The fraction of sp³-hybridized carbons (Fsp3) is 0.200. The highest BCUT2D eigenvalue weighted by Crippen LogP contribution is 2.29. The topological polar surface area (TPSA) is 33.4 Å². The molecule has 2 rings (SSSR count). The van der Waals surface area contributed by atoms with Crippen molar-refractivity contribution in [2.45, 2.75) is 16.6 Å². The summed E-state index contributed by atoms with van der Waals surface area (Å²) in [5.74, 6) is 1.83. The predicted octanol–water partition coefficient (Wildman–Crippen LogP) is 3.13. The monoisotopic (exact) mass is 226 g/mol. The number of aliphatic hydroxyl groups is 1. The molecule has 74 valence electrons. The Morgan fingerprint density at radius 2 is 2.29 bits per heavy atom. The molecule has 0 saturated heterocycles. The van der Waals surface area contributed by atoms with Gasteiger partial charge >= 0.3 is 0 Å². The summed E-state index contributed by atoms with van der Waals surface area (Å²) in [4.78, 5) is 1.01. The minimum atomic E-state index is 0.131. The summed E-state index contributed by atoms with van der Waals surface area (Å²) in [5.41, 5.74) is 0. The molecule has 0 aliphatic rings. The van der Waals surface area contributed by atoms with Crippen molar-refractivity contribution in [1.82, 2.24) is 0 Å². The second-order valence-corrected chi connectivity index (χ2v) is 5.19. The fourth-order valence-electron chi connectivity index (χ4n) is 1.06. The Labute approximate surface area is 90.6 Å². The molecule has 0 saturated carbocycles. The summed E-state index contributed by atoms with van der Waals surface area (Å²) in [6.07, 6.45) is 1.68. The third-order valence-corrected chi connectivity index (χ3v) is 4.05. The molecule has 2 aromatic heterocycles. The molecule has 0 aliphatic heterocycles. The maximum absolute atomic E-state index is 8.89. The van der Waals surface area contributed by atoms with Crippen molar-refractivity contribution in [2.75, 3.05) is 0 Å². The van der Waals surface area contributed by atoms with Crippen LogP contribution < -0.4 is 0 Å². The van der Waals surface area contributed by atoms with E-state index >= 15 is 0 Å². The number of thioether (sulfide) groups is 1. The Hall–Kier alpha value is -0.710. The van der Waals surface area contributed by atoms with Crippen LogP contribution in [0.4, 0.5) is 0 Å². The molecule has 0 aliphatic carbocycles. The van der Waals surface area contributed by atoms with Crippen LogP contribution in [-0.2, 0) is 12.4 Å². The zero-order valence-corrected chi connectivity index (χ0v) is 9.11. The molecule has 0 radical (unpaired) electrons. The van der Waals surface area contributed by atoms with Crippen LogP contribution in [0.5, 0.6) is 0 Å². The zero-order chi connectivity index (χ0) is 9.80. The Balaban J connectivity index is 1.92. The van der Waals surface area contributed by atoms with Crippen molar-refractivity contribution in [3.63, 3.8) is 0 Å². The molecular formula is C10H10O2S2. The molecule has 0 fully saturated rings. The Bertz CT molecular complexity index is 378. The Kier molecular flexibility index (Phi) is 3.29. The average Bonchev–Trinajstić information content (AvgIpc) is 2.86. The fourth-order valence-corrected chi connectivity index (χ4v) is 3.00. The Morgan fingerprint density at radius 3 is 2.93 bits per heavy atom. The van der Waals surface area contributed by atoms with Crippen LogP contribution in [0.2, 0.25) is 0 Å². The molecule has 1 N–H and O–H groups in total. The minimum absolute atomic E-state index is 0.131. The lowest BCUT2D eigenvalue weighted by Crippen LogP contribution is -1.71. The first-order chi connectivity index (χ1) is 6.88. The number of hydrogen-bond donors (Lipinski definition) is 1. The Morgan fingerprint density at radius 1 is 1.36 bits per heavy atom. The van der Waals surface area contributed by atoms with Crippen LogP contribution in [-0.4, -0.2) is 5.11 Å². The minimum Gasteiger partial charge on any atom is -0.468 e. The summed E-state index contributed by atoms with van der Waals surface area (Å²) in [7, 11) is 0. The lowest BCUT2D eigenvalue weighted by Gasteiger charge is -1.93. The number of thiophene rings is 1. The van der Waals surface area contributed by atoms with E-state index in [4.69, 9.17) is 9.52 Å². The van der Waals surface area contributed by atoms with Gasteiger partial charge < -0.3 is 9.52 Å². The van der Waals surface area contributed by atoms with E-state index < -0.39 is 0 Å². The highest BCUT2D eigenvalue weighted by Gasteiger charge is 2.01. The third-order valence-electron chi connectivity index (χ3n) is 1.73. The molecule has 0 spiro atoms. The lowest BCUT2D eigenvalue weighted by atomic mass is 10.5. The molecule has 0 atom stereocenters. The zero-order valence-electron chi connectivity index (χ0n) is 7.47. The number of hydrogen-bond acceptors (Lipinski definition) is 4. The van der Waals surface area contributed by atoms with E-state index in [-0.39, 0.29) is 6.61 Å². The molecule has 0 aromatic carbocycles. The SMILES string of the molecule is OCc1ccc(SCc2ccco2)s1. The molecule has 0 bridgehead atoms. The van der Waals surface area contributed by atoms with Crippen molar-refractivity contribution in [3.05, 3.63) is 41.2 Å². The largest absolute Gasteiger partial charge is 0.468 e. The molecular weight excluding hydrogens is 216 g/mol. The van der Waals surface area contributed by atoms with Gasteiger partial charge in [-0.15, -0.1) is 23.1 Å². The van der Waals surface area contributed by atoms with Crippen LogP contribution in [0.25, 0.3) is 0 Å². The van der Waals surface area contributed by atoms with Crippen molar-refractivity contribution in [1.29, 1.82) is 0 Å². The van der Waals surface area contributed by atoms with E-state index in [9.17, 15) is 0 Å². The van der Waals surface area contributed by atoms with Gasteiger partial charge in [-0.2, -0.15) is 0 Å². The van der Waals surface area contributed by atoms with Crippen LogP contribution in [0, 0.1) is 0 Å². The van der Waals surface area contributed by atoms with Crippen molar-refractivity contribution >= 4 is 23.1 Å². The lowest BCUT2D eigenvalue weighted by molar-refractivity contribution is 0.285. The summed E-state index contributed by atoms with van der Waals surface area (Å²) >= 11 is 3.35. The highest BCUT2D eigenvalue weighted by molar-refractivity contribution is 8.00. The van der Waals surface area contributed by atoms with E-state index in [1.807, 2.05) is 24.3 Å². The molecule has 2 heterocycles. The van der Waals surface area contributed by atoms with Crippen LogP contribution in [0.1, 0.15) is 10.6 Å². The van der Waals surface area contributed by atoms with E-state index in [0.29, 0.717) is 0 Å². The van der Waals surface area contributed by atoms with Gasteiger partial charge in [-0.3, -0.25) is 0 Å².